The highest BCUT2D eigenvalue weighted by molar-refractivity contribution is 6.09. The van der Waals surface area contributed by atoms with E-state index >= 15 is 0 Å². The van der Waals surface area contributed by atoms with E-state index in [2.05, 4.69) is 6.08 Å². The first kappa shape index (κ1) is 4.74. The van der Waals surface area contributed by atoms with Gasteiger partial charge in [0.05, 0.1) is 0 Å². The average Bonchev–Trinajstić information content (AvgIpc) is 2.55. The van der Waals surface area contributed by atoms with Crippen molar-refractivity contribution in [3.05, 3.63) is 35.5 Å². The van der Waals surface area contributed by atoms with E-state index in [4.69, 9.17) is 5.41 Å². The van der Waals surface area contributed by atoms with Crippen LogP contribution < -0.4 is 0 Å². The van der Waals surface area contributed by atoms with Crippen molar-refractivity contribution in [2.75, 3.05) is 0 Å². The zero-order valence-electron chi connectivity index (χ0n) is 5.02. The molecule has 0 spiro atoms. The largest absolute Gasteiger partial charge is 0.304 e. The molecule has 2 aliphatic carbocycles. The molecule has 0 aromatic rings. The molecule has 0 heterocycles. The molecule has 1 heteroatoms. The summed E-state index contributed by atoms with van der Waals surface area (Å²) < 4.78 is 0. The molecular formula is C8H7N. The van der Waals surface area contributed by atoms with Gasteiger partial charge in [-0.1, -0.05) is 18.2 Å². The van der Waals surface area contributed by atoms with Crippen molar-refractivity contribution in [1.82, 2.24) is 0 Å². The molecule has 0 aliphatic heterocycles. The van der Waals surface area contributed by atoms with Crippen molar-refractivity contribution in [1.29, 1.82) is 5.41 Å². The third-order valence-electron chi connectivity index (χ3n) is 1.59. The molecule has 0 radical (unpaired) electrons. The van der Waals surface area contributed by atoms with E-state index in [1.165, 1.54) is 5.57 Å². The number of allylic oxidation sites excluding steroid dienone is 6. The number of hydrogen-bond acceptors (Lipinski definition) is 1. The maximum atomic E-state index is 7.42. The van der Waals surface area contributed by atoms with Crippen LogP contribution in [0.25, 0.3) is 0 Å². The van der Waals surface area contributed by atoms with Gasteiger partial charge in [-0.2, -0.15) is 0 Å². The van der Waals surface area contributed by atoms with Crippen molar-refractivity contribution >= 4 is 5.71 Å². The summed E-state index contributed by atoms with van der Waals surface area (Å²) in [6.07, 6.45) is 8.93. The molecule has 0 saturated carbocycles. The van der Waals surface area contributed by atoms with Crippen LogP contribution in [0.4, 0.5) is 0 Å². The predicted molar refractivity (Wildman–Crippen MR) is 37.6 cm³/mol. The van der Waals surface area contributed by atoms with E-state index in [0.717, 1.165) is 17.7 Å². The Kier molecular flexibility index (Phi) is 0.758. The standard InChI is InChI=1S/C8H7N/c9-8-4-2-1-3-6-5-7(6)8/h1-3,5,9H,4H2. The van der Waals surface area contributed by atoms with Gasteiger partial charge >= 0.3 is 0 Å². The van der Waals surface area contributed by atoms with Crippen molar-refractivity contribution in [3.63, 3.8) is 0 Å². The van der Waals surface area contributed by atoms with Crippen LogP contribution in [0.5, 0.6) is 0 Å². The highest BCUT2D eigenvalue weighted by Crippen LogP contribution is 2.31. The zero-order valence-corrected chi connectivity index (χ0v) is 5.02. The van der Waals surface area contributed by atoms with Gasteiger partial charge in [0.15, 0.2) is 0 Å². The molecule has 0 aromatic carbocycles. The van der Waals surface area contributed by atoms with Crippen molar-refractivity contribution < 1.29 is 0 Å². The topological polar surface area (TPSA) is 23.9 Å². The Hall–Kier alpha value is -1.11. The lowest BCUT2D eigenvalue weighted by Crippen LogP contribution is -1.88. The van der Waals surface area contributed by atoms with Crippen LogP contribution in [-0.4, -0.2) is 5.71 Å². The first-order valence-electron chi connectivity index (χ1n) is 3.04. The molecule has 0 aromatic heterocycles. The van der Waals surface area contributed by atoms with Crippen molar-refractivity contribution in [2.24, 2.45) is 0 Å². The van der Waals surface area contributed by atoms with Crippen LogP contribution in [-0.2, 0) is 0 Å². The van der Waals surface area contributed by atoms with Gasteiger partial charge in [-0.15, -0.1) is 0 Å². The smallest absolute Gasteiger partial charge is 0.0430 e. The maximum absolute atomic E-state index is 7.42. The molecule has 9 heavy (non-hydrogen) atoms. The number of nitrogens with one attached hydrogen (secondary N) is 1. The summed E-state index contributed by atoms with van der Waals surface area (Å²) >= 11 is 0. The summed E-state index contributed by atoms with van der Waals surface area (Å²) in [5.74, 6) is 0. The van der Waals surface area contributed by atoms with Crippen LogP contribution in [0.15, 0.2) is 35.5 Å². The molecule has 1 nitrogen and oxygen atoms in total. The Morgan fingerprint density at radius 2 is 2.33 bits per heavy atom. The van der Waals surface area contributed by atoms with Crippen LogP contribution >= 0.6 is 0 Å². The first-order valence-corrected chi connectivity index (χ1v) is 3.04. The minimum Gasteiger partial charge on any atom is -0.304 e. The Bertz CT molecular complexity index is 254. The fourth-order valence-electron chi connectivity index (χ4n) is 0.986. The predicted octanol–water partition coefficient (Wildman–Crippen LogP) is 1.83. The summed E-state index contributed by atoms with van der Waals surface area (Å²) in [4.78, 5) is 0. The minimum absolute atomic E-state index is 0.759. The van der Waals surface area contributed by atoms with Crippen LogP contribution in [0.2, 0.25) is 0 Å². The second kappa shape index (κ2) is 1.44. The summed E-state index contributed by atoms with van der Waals surface area (Å²) in [5.41, 5.74) is 3.16. The van der Waals surface area contributed by atoms with Gasteiger partial charge in [-0.3, -0.25) is 0 Å². The lowest BCUT2D eigenvalue weighted by molar-refractivity contribution is 1.38. The van der Waals surface area contributed by atoms with E-state index in [0.29, 0.717) is 0 Å². The van der Waals surface area contributed by atoms with Gasteiger partial charge in [0.1, 0.15) is 0 Å². The Morgan fingerprint density at radius 3 is 3.22 bits per heavy atom. The number of fused-ring (bicyclic) bond motifs is 1. The molecule has 44 valence electrons. The molecule has 0 bridgehead atoms. The van der Waals surface area contributed by atoms with E-state index in [1.807, 2.05) is 18.2 Å². The van der Waals surface area contributed by atoms with Crippen LogP contribution in [0.1, 0.15) is 6.42 Å². The molecule has 0 unspecified atom stereocenters. The normalized spacial score (nSPS) is 22.0. The van der Waals surface area contributed by atoms with Gasteiger partial charge < -0.3 is 5.41 Å². The second-order valence-corrected chi connectivity index (χ2v) is 2.29. The fraction of sp³-hybridized carbons (Fsp3) is 0.125. The quantitative estimate of drug-likeness (QED) is 0.500. The summed E-state index contributed by atoms with van der Waals surface area (Å²) in [5, 5.41) is 7.42. The SMILES string of the molecule is N=C1CC=CC=C2C=C12. The molecule has 0 amide bonds. The highest BCUT2D eigenvalue weighted by Gasteiger charge is 2.20. The average molecular weight is 117 g/mol. The zero-order chi connectivity index (χ0) is 6.27. The molecular weight excluding hydrogens is 110 g/mol. The van der Waals surface area contributed by atoms with E-state index in [9.17, 15) is 0 Å². The lowest BCUT2D eigenvalue weighted by Gasteiger charge is -1.87. The van der Waals surface area contributed by atoms with Gasteiger partial charge in [0, 0.05) is 17.7 Å². The van der Waals surface area contributed by atoms with Crippen LogP contribution in [0.3, 0.4) is 0 Å². The van der Waals surface area contributed by atoms with Gasteiger partial charge in [-0.05, 0) is 11.6 Å². The summed E-state index contributed by atoms with van der Waals surface area (Å²) in [6, 6.07) is 0. The van der Waals surface area contributed by atoms with Crippen molar-refractivity contribution in [2.45, 2.75) is 6.42 Å². The minimum atomic E-state index is 0.759. The fourth-order valence-corrected chi connectivity index (χ4v) is 0.986. The molecule has 2 aliphatic rings. The Balaban J connectivity index is 2.37. The van der Waals surface area contributed by atoms with Crippen LogP contribution in [0, 0.1) is 5.41 Å². The van der Waals surface area contributed by atoms with Gasteiger partial charge in [-0.25, -0.2) is 0 Å². The molecule has 0 atom stereocenters. The summed E-state index contributed by atoms with van der Waals surface area (Å²) in [7, 11) is 0. The number of hydrogen-bond donors (Lipinski definition) is 1. The van der Waals surface area contributed by atoms with Gasteiger partial charge in [0.25, 0.3) is 0 Å². The molecule has 2 rings (SSSR count). The molecule has 1 N–H and O–H groups in total. The third kappa shape index (κ3) is 0.653. The van der Waals surface area contributed by atoms with E-state index in [1.54, 1.807) is 0 Å². The molecule has 0 saturated heterocycles. The van der Waals surface area contributed by atoms with E-state index < -0.39 is 0 Å². The second-order valence-electron chi connectivity index (χ2n) is 2.29. The lowest BCUT2D eigenvalue weighted by atomic mass is 10.2. The maximum Gasteiger partial charge on any atom is 0.0430 e. The van der Waals surface area contributed by atoms with E-state index in [-0.39, 0.29) is 0 Å². The molecule has 0 fully saturated rings. The monoisotopic (exact) mass is 117 g/mol. The first-order chi connectivity index (χ1) is 4.38. The Morgan fingerprint density at radius 1 is 1.44 bits per heavy atom. The summed E-state index contributed by atoms with van der Waals surface area (Å²) in [6.45, 7) is 0. The van der Waals surface area contributed by atoms with Crippen molar-refractivity contribution in [3.8, 4) is 0 Å². The third-order valence-corrected chi connectivity index (χ3v) is 1.59. The highest BCUT2D eigenvalue weighted by atomic mass is 14.5. The Labute approximate surface area is 53.9 Å². The van der Waals surface area contributed by atoms with Gasteiger partial charge in [0.2, 0.25) is 0 Å². The number of rotatable bonds is 0.